The molecule has 0 fully saturated rings. The Hall–Kier alpha value is -2.52. The number of amides is 1. The van der Waals surface area contributed by atoms with Crippen LogP contribution < -0.4 is 15.5 Å². The molecule has 0 saturated heterocycles. The molecule has 1 aliphatic rings. The molecule has 1 aliphatic heterocycles. The standard InChI is InChI=1S/C20H20BrN5O2S/c1-11-5-4-6-14(9-11)22-19(27)18-17(13-7-8-16(28-3)15(21)10-13)25-26-12(2)23-24-20(26)29-18/h4-10,17-18,25H,1-3H3,(H,22,27)/t17-,18-/m1/s1. The summed E-state index contributed by atoms with van der Waals surface area (Å²) in [6.07, 6.45) is 0. The Bertz CT molecular complexity index is 1070. The number of ether oxygens (including phenoxy) is 1. The van der Waals surface area contributed by atoms with Gasteiger partial charge in [0.1, 0.15) is 16.8 Å². The first-order chi connectivity index (χ1) is 14.0. The molecule has 150 valence electrons. The number of nitrogens with one attached hydrogen (secondary N) is 2. The van der Waals surface area contributed by atoms with Crippen molar-refractivity contribution >= 4 is 39.3 Å². The summed E-state index contributed by atoms with van der Waals surface area (Å²) >= 11 is 4.94. The predicted molar refractivity (Wildman–Crippen MR) is 117 cm³/mol. The zero-order valence-corrected chi connectivity index (χ0v) is 18.5. The first-order valence-electron chi connectivity index (χ1n) is 9.02. The Labute approximate surface area is 181 Å². The Morgan fingerprint density at radius 1 is 1.24 bits per heavy atom. The first kappa shape index (κ1) is 19.8. The smallest absolute Gasteiger partial charge is 0.240 e. The molecule has 0 radical (unpaired) electrons. The fraction of sp³-hybridized carbons (Fsp3) is 0.250. The van der Waals surface area contributed by atoms with Gasteiger partial charge in [-0.2, -0.15) is 0 Å². The van der Waals surface area contributed by atoms with Gasteiger partial charge < -0.3 is 15.5 Å². The highest BCUT2D eigenvalue weighted by Gasteiger charge is 2.37. The van der Waals surface area contributed by atoms with Crippen molar-refractivity contribution in [3.63, 3.8) is 0 Å². The van der Waals surface area contributed by atoms with Gasteiger partial charge in [-0.1, -0.05) is 30.0 Å². The zero-order valence-electron chi connectivity index (χ0n) is 16.1. The number of hydrogen-bond donors (Lipinski definition) is 2. The fourth-order valence-corrected chi connectivity index (χ4v) is 4.91. The number of nitrogens with zero attached hydrogens (tertiary/aromatic N) is 3. The van der Waals surface area contributed by atoms with Crippen molar-refractivity contribution in [1.29, 1.82) is 0 Å². The van der Waals surface area contributed by atoms with E-state index in [4.69, 9.17) is 4.74 Å². The summed E-state index contributed by atoms with van der Waals surface area (Å²) in [5.41, 5.74) is 6.21. The summed E-state index contributed by atoms with van der Waals surface area (Å²) in [5, 5.41) is 11.6. The molecule has 9 heteroatoms. The van der Waals surface area contributed by atoms with Crippen LogP contribution in [0, 0.1) is 13.8 Å². The molecule has 1 amide bonds. The molecule has 2 atom stereocenters. The van der Waals surface area contributed by atoms with Crippen molar-refractivity contribution in [2.45, 2.75) is 30.3 Å². The van der Waals surface area contributed by atoms with E-state index in [2.05, 4.69) is 36.9 Å². The lowest BCUT2D eigenvalue weighted by Crippen LogP contribution is -2.41. The number of aryl methyl sites for hydroxylation is 2. The van der Waals surface area contributed by atoms with Gasteiger partial charge in [-0.05, 0) is 65.2 Å². The van der Waals surface area contributed by atoms with Gasteiger partial charge in [0.05, 0.1) is 17.6 Å². The van der Waals surface area contributed by atoms with Gasteiger partial charge in [0.2, 0.25) is 11.1 Å². The lowest BCUT2D eigenvalue weighted by atomic mass is 10.0. The van der Waals surface area contributed by atoms with Gasteiger partial charge in [-0.25, -0.2) is 4.68 Å². The van der Waals surface area contributed by atoms with E-state index in [1.165, 1.54) is 11.8 Å². The minimum absolute atomic E-state index is 0.100. The van der Waals surface area contributed by atoms with Crippen LogP contribution in [-0.4, -0.2) is 33.1 Å². The molecule has 3 aromatic rings. The van der Waals surface area contributed by atoms with E-state index >= 15 is 0 Å². The molecule has 29 heavy (non-hydrogen) atoms. The van der Waals surface area contributed by atoms with E-state index in [1.54, 1.807) is 7.11 Å². The van der Waals surface area contributed by atoms with Crippen LogP contribution in [-0.2, 0) is 4.79 Å². The molecule has 2 aromatic carbocycles. The van der Waals surface area contributed by atoms with Crippen molar-refractivity contribution < 1.29 is 9.53 Å². The van der Waals surface area contributed by atoms with Crippen molar-refractivity contribution in [1.82, 2.24) is 14.9 Å². The summed E-state index contributed by atoms with van der Waals surface area (Å²) in [5.74, 6) is 1.37. The van der Waals surface area contributed by atoms with Gasteiger partial charge in [-0.15, -0.1) is 10.2 Å². The molecule has 2 N–H and O–H groups in total. The van der Waals surface area contributed by atoms with E-state index in [1.807, 2.05) is 61.0 Å². The van der Waals surface area contributed by atoms with Crippen LogP contribution in [0.25, 0.3) is 0 Å². The molecule has 0 unspecified atom stereocenters. The second kappa shape index (κ2) is 8.08. The Morgan fingerprint density at radius 3 is 2.79 bits per heavy atom. The van der Waals surface area contributed by atoms with Crippen LogP contribution in [0.4, 0.5) is 5.69 Å². The van der Waals surface area contributed by atoms with Crippen LogP contribution in [0.2, 0.25) is 0 Å². The monoisotopic (exact) mass is 473 g/mol. The zero-order chi connectivity index (χ0) is 20.5. The van der Waals surface area contributed by atoms with Crippen molar-refractivity contribution in [3.8, 4) is 5.75 Å². The van der Waals surface area contributed by atoms with Crippen LogP contribution >= 0.6 is 27.7 Å². The number of halogens is 1. The topological polar surface area (TPSA) is 81.1 Å². The molecule has 7 nitrogen and oxygen atoms in total. The molecule has 2 heterocycles. The highest BCUT2D eigenvalue weighted by atomic mass is 79.9. The predicted octanol–water partition coefficient (Wildman–Crippen LogP) is 4.06. The average molecular weight is 474 g/mol. The Balaban J connectivity index is 1.68. The minimum Gasteiger partial charge on any atom is -0.496 e. The number of fused-ring (bicyclic) bond motifs is 1. The van der Waals surface area contributed by atoms with Crippen LogP contribution in [0.1, 0.15) is 23.0 Å². The molecule has 0 saturated carbocycles. The quantitative estimate of drug-likeness (QED) is 0.594. The third kappa shape index (κ3) is 3.97. The third-order valence-electron chi connectivity index (χ3n) is 4.68. The molecule has 0 aliphatic carbocycles. The highest BCUT2D eigenvalue weighted by Crippen LogP contribution is 2.39. The number of benzene rings is 2. The second-order valence-corrected chi connectivity index (χ2v) is 8.73. The molecule has 4 rings (SSSR count). The normalized spacial score (nSPS) is 17.9. The van der Waals surface area contributed by atoms with E-state index in [9.17, 15) is 4.79 Å². The van der Waals surface area contributed by atoms with E-state index in [-0.39, 0.29) is 11.9 Å². The summed E-state index contributed by atoms with van der Waals surface area (Å²) in [6.45, 7) is 3.87. The van der Waals surface area contributed by atoms with Gasteiger partial charge in [-0.3, -0.25) is 4.79 Å². The first-order valence-corrected chi connectivity index (χ1v) is 10.7. The number of rotatable bonds is 4. The number of anilines is 1. The molecule has 0 spiro atoms. The molecular weight excluding hydrogens is 454 g/mol. The van der Waals surface area contributed by atoms with Crippen molar-refractivity contribution in [3.05, 3.63) is 63.9 Å². The molecule has 1 aromatic heterocycles. The maximum atomic E-state index is 13.2. The number of methoxy groups -OCH3 is 1. The number of thioether (sulfide) groups is 1. The number of carbonyl (C=O) groups excluding carboxylic acids is 1. The number of hydrogen-bond acceptors (Lipinski definition) is 6. The third-order valence-corrected chi connectivity index (χ3v) is 6.51. The van der Waals surface area contributed by atoms with Crippen LogP contribution in [0.5, 0.6) is 5.75 Å². The van der Waals surface area contributed by atoms with Gasteiger partial charge in [0.15, 0.2) is 0 Å². The maximum absolute atomic E-state index is 13.2. The van der Waals surface area contributed by atoms with Crippen LogP contribution in [0.15, 0.2) is 52.1 Å². The summed E-state index contributed by atoms with van der Waals surface area (Å²) in [7, 11) is 1.62. The Kier molecular flexibility index (Phi) is 5.51. The van der Waals surface area contributed by atoms with Crippen LogP contribution in [0.3, 0.4) is 0 Å². The van der Waals surface area contributed by atoms with E-state index in [0.29, 0.717) is 5.16 Å². The summed E-state index contributed by atoms with van der Waals surface area (Å²) in [6, 6.07) is 13.3. The average Bonchev–Trinajstić information content (AvgIpc) is 3.07. The minimum atomic E-state index is -0.438. The lowest BCUT2D eigenvalue weighted by molar-refractivity contribution is -0.116. The van der Waals surface area contributed by atoms with E-state index < -0.39 is 5.25 Å². The second-order valence-electron chi connectivity index (χ2n) is 6.76. The highest BCUT2D eigenvalue weighted by molar-refractivity contribution is 9.10. The lowest BCUT2D eigenvalue weighted by Gasteiger charge is -2.33. The maximum Gasteiger partial charge on any atom is 0.240 e. The Morgan fingerprint density at radius 2 is 2.07 bits per heavy atom. The summed E-state index contributed by atoms with van der Waals surface area (Å²) < 4.78 is 7.99. The summed E-state index contributed by atoms with van der Waals surface area (Å²) in [4.78, 5) is 13.2. The molecule has 0 bridgehead atoms. The van der Waals surface area contributed by atoms with Crippen molar-refractivity contribution in [2.24, 2.45) is 0 Å². The number of aromatic nitrogens is 3. The number of carbonyl (C=O) groups is 1. The van der Waals surface area contributed by atoms with Gasteiger partial charge >= 0.3 is 0 Å². The van der Waals surface area contributed by atoms with Crippen molar-refractivity contribution in [2.75, 3.05) is 17.9 Å². The van der Waals surface area contributed by atoms with Gasteiger partial charge in [0, 0.05) is 5.69 Å². The van der Waals surface area contributed by atoms with Gasteiger partial charge in [0.25, 0.3) is 0 Å². The largest absolute Gasteiger partial charge is 0.496 e. The molecular formula is C20H20BrN5O2S. The van der Waals surface area contributed by atoms with E-state index in [0.717, 1.165) is 32.9 Å². The SMILES string of the molecule is COc1ccc([C@H]2Nn3c(C)nnc3S[C@H]2C(=O)Nc2cccc(C)c2)cc1Br. The fourth-order valence-electron chi connectivity index (χ4n) is 3.22.